The number of phenols is 1. The number of hydrogen-bond donors (Lipinski definition) is 6. The number of unbranched alkanes of at least 4 members (excludes halogenated alkanes) is 1. The Balaban J connectivity index is 0.987. The minimum atomic E-state index is -1.23. The van der Waals surface area contributed by atoms with Crippen LogP contribution in [0.2, 0.25) is 0 Å². The van der Waals surface area contributed by atoms with Gasteiger partial charge in [-0.1, -0.05) is 16.5 Å². The van der Waals surface area contributed by atoms with Crippen LogP contribution in [0.4, 0.5) is 23.5 Å². The van der Waals surface area contributed by atoms with E-state index in [-0.39, 0.29) is 52.4 Å². The fourth-order valence-corrected chi connectivity index (χ4v) is 9.24. The number of carbonyl (C=O) groups excluding carboxylic acids is 2. The average Bonchev–Trinajstić information content (AvgIpc) is 4.02. The van der Waals surface area contributed by atoms with Crippen molar-refractivity contribution in [3.8, 4) is 28.2 Å². The molecular formula is C49H57N15O9. The van der Waals surface area contributed by atoms with Gasteiger partial charge in [-0.2, -0.15) is 15.0 Å². The number of carboxylic acid groups (broad SMARTS) is 1. The van der Waals surface area contributed by atoms with Crippen LogP contribution in [0.15, 0.2) is 76.2 Å². The van der Waals surface area contributed by atoms with Gasteiger partial charge in [0.15, 0.2) is 5.43 Å². The minimum Gasteiger partial charge on any atom is -0.508 e. The third-order valence-corrected chi connectivity index (χ3v) is 12.8. The molecule has 9 rings (SSSR count). The number of aliphatic hydroxyl groups excluding tert-OH is 2. The monoisotopic (exact) mass is 999 g/mol. The molecule has 0 saturated carbocycles. The molecule has 24 nitrogen and oxygen atoms in total. The molecular weight excluding hydrogens is 943 g/mol. The number of rotatable bonds is 18. The Morgan fingerprint density at radius 2 is 1.42 bits per heavy atom. The number of fused-ring (bicyclic) bond motifs is 2. The first kappa shape index (κ1) is 49.9. The number of benzene rings is 3. The predicted octanol–water partition coefficient (Wildman–Crippen LogP) is 2.29. The Labute approximate surface area is 418 Å². The summed E-state index contributed by atoms with van der Waals surface area (Å²) in [5, 5.41) is 61.0. The lowest BCUT2D eigenvalue weighted by Crippen LogP contribution is -2.51. The molecule has 2 aromatic carbocycles. The lowest BCUT2D eigenvalue weighted by Gasteiger charge is -2.37. The second kappa shape index (κ2) is 21.7. The van der Waals surface area contributed by atoms with Crippen LogP contribution in [-0.4, -0.2) is 164 Å². The summed E-state index contributed by atoms with van der Waals surface area (Å²) in [6, 6.07) is 13.0. The number of aromatic carboxylic acids is 1. The maximum atomic E-state index is 14.2. The van der Waals surface area contributed by atoms with Gasteiger partial charge in [0, 0.05) is 112 Å². The molecule has 3 aromatic heterocycles. The highest BCUT2D eigenvalue weighted by Crippen LogP contribution is 2.42. The largest absolute Gasteiger partial charge is 0.508 e. The molecule has 3 atom stereocenters. The Bertz CT molecular complexity index is 3140. The molecule has 382 valence electrons. The van der Waals surface area contributed by atoms with E-state index in [2.05, 4.69) is 25.9 Å². The number of amides is 2. The number of anilines is 4. The van der Waals surface area contributed by atoms with E-state index in [1.54, 1.807) is 65.0 Å². The summed E-state index contributed by atoms with van der Waals surface area (Å²) in [5.41, 5.74) is 8.51. The van der Waals surface area contributed by atoms with E-state index in [1.807, 2.05) is 9.80 Å². The summed E-state index contributed by atoms with van der Waals surface area (Å²) in [7, 11) is 0. The van der Waals surface area contributed by atoms with E-state index in [0.29, 0.717) is 136 Å². The van der Waals surface area contributed by atoms with Gasteiger partial charge < -0.3 is 55.5 Å². The molecule has 3 aliphatic heterocycles. The third kappa shape index (κ3) is 11.5. The van der Waals surface area contributed by atoms with Crippen LogP contribution in [0, 0.1) is 0 Å². The van der Waals surface area contributed by atoms with Crippen molar-refractivity contribution in [1.82, 2.24) is 54.7 Å². The maximum absolute atomic E-state index is 14.2. The summed E-state index contributed by atoms with van der Waals surface area (Å²) in [6.45, 7) is 6.67. The van der Waals surface area contributed by atoms with Crippen LogP contribution in [-0.2, 0) is 29.0 Å². The van der Waals surface area contributed by atoms with Crippen molar-refractivity contribution in [2.24, 2.45) is 5.73 Å². The Kier molecular flexibility index (Phi) is 14.8. The first-order valence-electron chi connectivity index (χ1n) is 24.2. The van der Waals surface area contributed by atoms with Crippen molar-refractivity contribution >= 4 is 52.3 Å². The van der Waals surface area contributed by atoms with Crippen LogP contribution in [0.25, 0.3) is 33.4 Å². The molecule has 2 saturated heterocycles. The summed E-state index contributed by atoms with van der Waals surface area (Å²) >= 11 is 0. The number of carboxylic acids is 1. The molecule has 0 spiro atoms. The van der Waals surface area contributed by atoms with E-state index in [1.165, 1.54) is 35.0 Å². The first-order valence-corrected chi connectivity index (χ1v) is 24.2. The summed E-state index contributed by atoms with van der Waals surface area (Å²) in [5.74, 6) is -0.590. The smallest absolute Gasteiger partial charge is 0.336 e. The quantitative estimate of drug-likeness (QED) is 0.0531. The number of piperazine rings is 2. The maximum Gasteiger partial charge on any atom is 0.336 e. The van der Waals surface area contributed by atoms with Crippen molar-refractivity contribution in [2.75, 3.05) is 74.0 Å². The summed E-state index contributed by atoms with van der Waals surface area (Å²) < 4.78 is 9.04. The molecule has 2 unspecified atom stereocenters. The van der Waals surface area contributed by atoms with Crippen molar-refractivity contribution in [3.05, 3.63) is 94.2 Å². The molecule has 73 heavy (non-hydrogen) atoms. The van der Waals surface area contributed by atoms with Crippen LogP contribution < -0.4 is 26.3 Å². The second-order valence-corrected chi connectivity index (χ2v) is 18.4. The highest BCUT2D eigenvalue weighted by Gasteiger charge is 2.32. The number of aromatic hydroxyl groups is 1. The number of hydrogen-bond acceptors (Lipinski definition) is 19. The Morgan fingerprint density at radius 1 is 0.767 bits per heavy atom. The van der Waals surface area contributed by atoms with Crippen LogP contribution in [0.1, 0.15) is 60.9 Å². The van der Waals surface area contributed by atoms with Gasteiger partial charge in [0.05, 0.1) is 29.2 Å². The molecule has 0 bridgehead atoms. The van der Waals surface area contributed by atoms with Crippen molar-refractivity contribution in [3.63, 3.8) is 0 Å². The topological polar surface area (TPSA) is 313 Å². The zero-order valence-electron chi connectivity index (χ0n) is 40.4. The first-order chi connectivity index (χ1) is 35.2. The van der Waals surface area contributed by atoms with E-state index < -0.39 is 24.2 Å². The molecule has 7 N–H and O–H groups in total. The molecule has 5 aromatic rings. The van der Waals surface area contributed by atoms with Crippen LogP contribution in [0.3, 0.4) is 0 Å². The second-order valence-electron chi connectivity index (χ2n) is 18.4. The molecule has 2 fully saturated rings. The molecule has 2 amide bonds. The average molecular weight is 1000 g/mol. The van der Waals surface area contributed by atoms with Crippen molar-refractivity contribution < 1.29 is 39.2 Å². The predicted molar refractivity (Wildman–Crippen MR) is 267 cm³/mol. The van der Waals surface area contributed by atoms with Crippen molar-refractivity contribution in [2.45, 2.75) is 70.7 Å². The van der Waals surface area contributed by atoms with Gasteiger partial charge in [-0.15, -0.1) is 10.2 Å². The zero-order chi connectivity index (χ0) is 51.3. The minimum absolute atomic E-state index is 0.0175. The zero-order valence-corrected chi connectivity index (χ0v) is 40.4. The van der Waals surface area contributed by atoms with E-state index in [4.69, 9.17) is 25.1 Å². The van der Waals surface area contributed by atoms with Gasteiger partial charge >= 0.3 is 5.97 Å². The molecule has 1 aliphatic carbocycles. The number of phenolic OH excluding ortho intramolecular Hbond substituents is 1. The number of aliphatic hydroxyl groups is 2. The fraction of sp³-hybridized carbons (Fsp3) is 0.408. The summed E-state index contributed by atoms with van der Waals surface area (Å²) in [4.78, 5) is 75.1. The van der Waals surface area contributed by atoms with Gasteiger partial charge in [0.25, 0.3) is 0 Å². The van der Waals surface area contributed by atoms with Gasteiger partial charge in [0.1, 0.15) is 29.7 Å². The SMILES string of the molecule is CC(O)Cc1cn(CC(=O)N2CCN(c3nc(Nc4ccc(-c5c6ccc(=O)cc-6oc6cc(O)ccc56)c(C(=O)O)c4)nc(N4CCN(C(=O)[C@H](CCCCN)n5cc(CC(C)O)nn5)CC4)n3)CC2)nn1. The van der Waals surface area contributed by atoms with Gasteiger partial charge in [-0.3, -0.25) is 14.4 Å². The fourth-order valence-electron chi connectivity index (χ4n) is 9.24. The van der Waals surface area contributed by atoms with Gasteiger partial charge in [-0.05, 0) is 81.6 Å². The lowest BCUT2D eigenvalue weighted by molar-refractivity contribution is -0.135. The van der Waals surface area contributed by atoms with Crippen LogP contribution >= 0.6 is 0 Å². The highest BCUT2D eigenvalue weighted by atomic mass is 16.4. The van der Waals surface area contributed by atoms with Crippen molar-refractivity contribution in [1.29, 1.82) is 0 Å². The Hall–Kier alpha value is -8.09. The normalized spacial score (nSPS) is 15.5. The highest BCUT2D eigenvalue weighted by molar-refractivity contribution is 6.08. The number of nitrogens with zero attached hydrogens (tertiary/aromatic N) is 13. The molecule has 6 heterocycles. The van der Waals surface area contributed by atoms with Gasteiger partial charge in [0.2, 0.25) is 29.7 Å². The Morgan fingerprint density at radius 3 is 2.10 bits per heavy atom. The number of nitrogens with two attached hydrogens (primary N) is 1. The number of nitrogens with one attached hydrogen (secondary N) is 1. The molecule has 0 radical (unpaired) electrons. The van der Waals surface area contributed by atoms with E-state index in [9.17, 15) is 39.6 Å². The molecule has 24 heteroatoms. The molecule has 4 aliphatic rings. The number of carbonyl (C=O) groups is 3. The summed E-state index contributed by atoms with van der Waals surface area (Å²) in [6.07, 6.45) is 4.73. The standard InChI is InChI=1S/C49H57N15O9/c1-29(65)21-32-26-63(57-55-32)28-43(69)59-13-17-61(18-14-59)48-52-47(53-49(54-48)62-19-15-60(16-20-62)45(70)40(5-3-4-12-50)64-27-33(56-58-64)22-30(2)66)51-31-6-9-36(39(23-31)46(71)72)44-37-10-7-34(67)24-41(37)73-42-25-35(68)8-11-38(42)44/h6-11,23-27,29-30,40,65-67H,3-5,12-22,28,50H2,1-2H3,(H,71,72)(H,51,52,53,54)/t29?,30?,40-/m0/s1. The lowest BCUT2D eigenvalue weighted by atomic mass is 9.90. The van der Waals surface area contributed by atoms with Crippen LogP contribution in [0.5, 0.6) is 5.75 Å². The van der Waals surface area contributed by atoms with E-state index in [0.717, 1.165) is 6.42 Å². The van der Waals surface area contributed by atoms with E-state index >= 15 is 0 Å². The number of aromatic nitrogens is 9. The van der Waals surface area contributed by atoms with Gasteiger partial charge in [-0.25, -0.2) is 14.2 Å². The third-order valence-electron chi connectivity index (χ3n) is 12.8.